The van der Waals surface area contributed by atoms with E-state index < -0.39 is 0 Å². The van der Waals surface area contributed by atoms with Gasteiger partial charge in [0, 0.05) is 13.7 Å². The fourth-order valence-corrected chi connectivity index (χ4v) is 1.55. The lowest BCUT2D eigenvalue weighted by Crippen LogP contribution is -2.20. The van der Waals surface area contributed by atoms with Gasteiger partial charge in [-0.1, -0.05) is 30.3 Å². The van der Waals surface area contributed by atoms with Crippen LogP contribution in [-0.4, -0.2) is 40.0 Å². The number of hydrogen-bond acceptors (Lipinski definition) is 3. The molecule has 1 aromatic carbocycles. The molecule has 96 valence electrons. The van der Waals surface area contributed by atoms with Crippen molar-refractivity contribution in [1.29, 1.82) is 0 Å². The van der Waals surface area contributed by atoms with Gasteiger partial charge in [0.15, 0.2) is 0 Å². The van der Waals surface area contributed by atoms with E-state index in [1.165, 1.54) is 5.56 Å². The monoisotopic (exact) mass is 237 g/mol. The SMILES string of the molecule is COCCOCCCNCCc1ccccc1. The van der Waals surface area contributed by atoms with Crippen LogP contribution in [0.2, 0.25) is 0 Å². The molecule has 1 aromatic rings. The van der Waals surface area contributed by atoms with Crippen LogP contribution < -0.4 is 5.32 Å². The summed E-state index contributed by atoms with van der Waals surface area (Å²) in [6.07, 6.45) is 2.14. The van der Waals surface area contributed by atoms with Crippen molar-refractivity contribution < 1.29 is 9.47 Å². The number of rotatable bonds is 10. The number of hydrogen-bond donors (Lipinski definition) is 1. The minimum Gasteiger partial charge on any atom is -0.382 e. The van der Waals surface area contributed by atoms with E-state index in [0.717, 1.165) is 32.5 Å². The molecule has 0 aliphatic heterocycles. The topological polar surface area (TPSA) is 30.5 Å². The van der Waals surface area contributed by atoms with Gasteiger partial charge in [-0.15, -0.1) is 0 Å². The van der Waals surface area contributed by atoms with Crippen molar-refractivity contribution in [3.05, 3.63) is 35.9 Å². The van der Waals surface area contributed by atoms with Crippen LogP contribution >= 0.6 is 0 Å². The molecule has 0 saturated heterocycles. The lowest BCUT2D eigenvalue weighted by molar-refractivity contribution is 0.0695. The molecule has 1 rings (SSSR count). The predicted molar refractivity (Wildman–Crippen MR) is 70.3 cm³/mol. The maximum absolute atomic E-state index is 5.37. The van der Waals surface area contributed by atoms with E-state index in [0.29, 0.717) is 13.2 Å². The summed E-state index contributed by atoms with van der Waals surface area (Å²) in [4.78, 5) is 0. The molecule has 0 heterocycles. The third-order valence-corrected chi connectivity index (χ3v) is 2.51. The molecule has 3 nitrogen and oxygen atoms in total. The number of ether oxygens (including phenoxy) is 2. The van der Waals surface area contributed by atoms with Crippen LogP contribution in [0.5, 0.6) is 0 Å². The van der Waals surface area contributed by atoms with Gasteiger partial charge in [-0.25, -0.2) is 0 Å². The third kappa shape index (κ3) is 7.91. The van der Waals surface area contributed by atoms with Gasteiger partial charge < -0.3 is 14.8 Å². The zero-order chi connectivity index (χ0) is 12.2. The molecular formula is C14H23NO2. The molecule has 0 aliphatic rings. The average Bonchev–Trinajstić information content (AvgIpc) is 2.38. The minimum atomic E-state index is 0.682. The molecule has 0 saturated carbocycles. The Labute approximate surface area is 104 Å². The van der Waals surface area contributed by atoms with Crippen molar-refractivity contribution in [2.24, 2.45) is 0 Å². The second-order valence-electron chi connectivity index (χ2n) is 3.94. The molecule has 0 aromatic heterocycles. The molecule has 3 heteroatoms. The first-order chi connectivity index (χ1) is 8.43. The van der Waals surface area contributed by atoms with Crippen molar-refractivity contribution in [2.75, 3.05) is 40.0 Å². The summed E-state index contributed by atoms with van der Waals surface area (Å²) in [5.41, 5.74) is 1.39. The largest absolute Gasteiger partial charge is 0.382 e. The van der Waals surface area contributed by atoms with Gasteiger partial charge in [0.2, 0.25) is 0 Å². The highest BCUT2D eigenvalue weighted by Gasteiger charge is 1.92. The summed E-state index contributed by atoms with van der Waals surface area (Å²) in [5.74, 6) is 0. The van der Waals surface area contributed by atoms with E-state index in [-0.39, 0.29) is 0 Å². The van der Waals surface area contributed by atoms with Gasteiger partial charge in [0.25, 0.3) is 0 Å². The van der Waals surface area contributed by atoms with Crippen molar-refractivity contribution in [2.45, 2.75) is 12.8 Å². The second-order valence-corrected chi connectivity index (χ2v) is 3.94. The van der Waals surface area contributed by atoms with Gasteiger partial charge in [-0.2, -0.15) is 0 Å². The quantitative estimate of drug-likeness (QED) is 0.630. The average molecular weight is 237 g/mol. The molecule has 0 radical (unpaired) electrons. The van der Waals surface area contributed by atoms with E-state index in [1.54, 1.807) is 7.11 Å². The first kappa shape index (κ1) is 14.2. The summed E-state index contributed by atoms with van der Waals surface area (Å²) in [6.45, 7) is 4.23. The Hall–Kier alpha value is -0.900. The van der Waals surface area contributed by atoms with Gasteiger partial charge in [-0.3, -0.25) is 0 Å². The number of nitrogens with one attached hydrogen (secondary N) is 1. The van der Waals surface area contributed by atoms with Crippen molar-refractivity contribution in [3.8, 4) is 0 Å². The fourth-order valence-electron chi connectivity index (χ4n) is 1.55. The summed E-state index contributed by atoms with van der Waals surface area (Å²) in [6, 6.07) is 10.5. The third-order valence-electron chi connectivity index (χ3n) is 2.51. The Morgan fingerprint density at radius 1 is 1.00 bits per heavy atom. The maximum atomic E-state index is 5.37. The van der Waals surface area contributed by atoms with Gasteiger partial charge in [-0.05, 0) is 31.5 Å². The highest BCUT2D eigenvalue weighted by molar-refractivity contribution is 5.14. The fraction of sp³-hybridized carbons (Fsp3) is 0.571. The summed E-state index contributed by atoms with van der Waals surface area (Å²) in [7, 11) is 1.69. The van der Waals surface area contributed by atoms with Crippen molar-refractivity contribution in [3.63, 3.8) is 0 Å². The lowest BCUT2D eigenvalue weighted by Gasteiger charge is -2.05. The predicted octanol–water partition coefficient (Wildman–Crippen LogP) is 1.87. The molecule has 0 aliphatic carbocycles. The molecular weight excluding hydrogens is 214 g/mol. The molecule has 17 heavy (non-hydrogen) atoms. The highest BCUT2D eigenvalue weighted by atomic mass is 16.5. The van der Waals surface area contributed by atoms with E-state index >= 15 is 0 Å². The van der Waals surface area contributed by atoms with Crippen LogP contribution in [-0.2, 0) is 15.9 Å². The van der Waals surface area contributed by atoms with Gasteiger partial charge in [0.05, 0.1) is 13.2 Å². The van der Waals surface area contributed by atoms with Crippen LogP contribution in [0.15, 0.2) is 30.3 Å². The van der Waals surface area contributed by atoms with Gasteiger partial charge in [0.1, 0.15) is 0 Å². The molecule has 0 spiro atoms. The zero-order valence-electron chi connectivity index (χ0n) is 10.7. The minimum absolute atomic E-state index is 0.682. The molecule has 0 unspecified atom stereocenters. The molecule has 0 fully saturated rings. The van der Waals surface area contributed by atoms with Crippen molar-refractivity contribution in [1.82, 2.24) is 5.32 Å². The Morgan fingerprint density at radius 3 is 2.59 bits per heavy atom. The molecule has 0 atom stereocenters. The Balaban J connectivity index is 1.85. The molecule has 0 bridgehead atoms. The standard InChI is InChI=1S/C14H23NO2/c1-16-12-13-17-11-5-9-15-10-8-14-6-3-2-4-7-14/h2-4,6-7,15H,5,8-13H2,1H3. The first-order valence-electron chi connectivity index (χ1n) is 6.25. The number of benzene rings is 1. The maximum Gasteiger partial charge on any atom is 0.0700 e. The van der Waals surface area contributed by atoms with E-state index in [4.69, 9.17) is 9.47 Å². The summed E-state index contributed by atoms with van der Waals surface area (Å²) in [5, 5.41) is 3.41. The summed E-state index contributed by atoms with van der Waals surface area (Å²) >= 11 is 0. The Bertz CT molecular complexity index is 264. The van der Waals surface area contributed by atoms with Crippen LogP contribution in [0.25, 0.3) is 0 Å². The normalized spacial score (nSPS) is 10.6. The second kappa shape index (κ2) is 10.3. The van der Waals surface area contributed by atoms with E-state index in [2.05, 4.69) is 29.6 Å². The molecule has 1 N–H and O–H groups in total. The lowest BCUT2D eigenvalue weighted by atomic mass is 10.1. The van der Waals surface area contributed by atoms with E-state index in [1.807, 2.05) is 6.07 Å². The smallest absolute Gasteiger partial charge is 0.0700 e. The Morgan fingerprint density at radius 2 is 1.82 bits per heavy atom. The van der Waals surface area contributed by atoms with Crippen LogP contribution in [0.4, 0.5) is 0 Å². The van der Waals surface area contributed by atoms with E-state index in [9.17, 15) is 0 Å². The Kier molecular flexibility index (Phi) is 8.55. The zero-order valence-corrected chi connectivity index (χ0v) is 10.7. The summed E-state index contributed by atoms with van der Waals surface area (Å²) < 4.78 is 10.3. The van der Waals surface area contributed by atoms with Gasteiger partial charge >= 0.3 is 0 Å². The van der Waals surface area contributed by atoms with Crippen molar-refractivity contribution >= 4 is 0 Å². The number of methoxy groups -OCH3 is 1. The van der Waals surface area contributed by atoms with Crippen LogP contribution in [0.3, 0.4) is 0 Å². The van der Waals surface area contributed by atoms with Crippen LogP contribution in [0, 0.1) is 0 Å². The highest BCUT2D eigenvalue weighted by Crippen LogP contribution is 1.97. The molecule has 0 amide bonds. The van der Waals surface area contributed by atoms with Crippen LogP contribution in [0.1, 0.15) is 12.0 Å². The first-order valence-corrected chi connectivity index (χ1v) is 6.25.